The third-order valence-corrected chi connectivity index (χ3v) is 6.44. The summed E-state index contributed by atoms with van der Waals surface area (Å²) in [6.45, 7) is 4.12. The summed E-state index contributed by atoms with van der Waals surface area (Å²) < 4.78 is 1.65. The first-order valence-corrected chi connectivity index (χ1v) is 10.4. The minimum Gasteiger partial charge on any atom is -0.321 e. The molecule has 27 heavy (non-hydrogen) atoms. The molecule has 0 unspecified atom stereocenters. The first-order valence-electron chi connectivity index (χ1n) is 9.58. The highest BCUT2D eigenvalue weighted by molar-refractivity contribution is 7.17. The lowest BCUT2D eigenvalue weighted by Gasteiger charge is -2.14. The number of fused-ring (bicyclic) bond motifs is 3. The van der Waals surface area contributed by atoms with Crippen LogP contribution >= 0.6 is 11.3 Å². The van der Waals surface area contributed by atoms with Crippen molar-refractivity contribution in [2.75, 3.05) is 5.32 Å². The topological polar surface area (TPSA) is 63.5 Å². The third kappa shape index (κ3) is 3.08. The van der Waals surface area contributed by atoms with Gasteiger partial charge in [0.1, 0.15) is 5.56 Å². The van der Waals surface area contributed by atoms with Crippen LogP contribution in [0.2, 0.25) is 0 Å². The maximum atomic E-state index is 13.1. The lowest BCUT2D eigenvalue weighted by molar-refractivity contribution is 0.102. The van der Waals surface area contributed by atoms with Crippen LogP contribution in [0.5, 0.6) is 0 Å². The maximum Gasteiger partial charge on any atom is 0.271 e. The van der Waals surface area contributed by atoms with Crippen molar-refractivity contribution in [3.63, 3.8) is 0 Å². The van der Waals surface area contributed by atoms with Gasteiger partial charge in [0.05, 0.1) is 0 Å². The molecular weight excluding hydrogens is 358 g/mol. The molecule has 0 saturated carbocycles. The number of nitrogens with zero attached hydrogens (tertiary/aromatic N) is 2. The fourth-order valence-corrected chi connectivity index (χ4v) is 4.98. The molecule has 1 aliphatic carbocycles. The van der Waals surface area contributed by atoms with Gasteiger partial charge in [0.2, 0.25) is 0 Å². The fraction of sp³-hybridized carbons (Fsp3) is 0.381. The van der Waals surface area contributed by atoms with Crippen molar-refractivity contribution in [3.05, 3.63) is 62.0 Å². The molecule has 0 bridgehead atoms. The van der Waals surface area contributed by atoms with Crippen LogP contribution in [0.4, 0.5) is 5.69 Å². The molecule has 1 aromatic carbocycles. The van der Waals surface area contributed by atoms with Gasteiger partial charge in [-0.2, -0.15) is 0 Å². The highest BCUT2D eigenvalue weighted by Crippen LogP contribution is 2.28. The SMILES string of the molecule is CCc1cccc(CC)c1NC(=O)c1cnc2sc3c(n2c1=O)CCCC3. The molecule has 140 valence electrons. The minimum absolute atomic E-state index is 0.103. The van der Waals surface area contributed by atoms with Crippen molar-refractivity contribution < 1.29 is 4.79 Å². The number of carbonyl (C=O) groups excluding carboxylic acids is 1. The summed E-state index contributed by atoms with van der Waals surface area (Å²) in [5.74, 6) is -0.381. The van der Waals surface area contributed by atoms with E-state index in [1.165, 1.54) is 11.1 Å². The van der Waals surface area contributed by atoms with Crippen LogP contribution in [-0.4, -0.2) is 15.3 Å². The predicted octanol–water partition coefficient (Wildman–Crippen LogP) is 4.01. The Bertz CT molecular complexity index is 1060. The molecule has 0 spiro atoms. The molecule has 0 radical (unpaired) electrons. The number of anilines is 1. The van der Waals surface area contributed by atoms with Gasteiger partial charge in [0.15, 0.2) is 4.96 Å². The summed E-state index contributed by atoms with van der Waals surface area (Å²) in [5.41, 5.74) is 3.85. The summed E-state index contributed by atoms with van der Waals surface area (Å²) in [7, 11) is 0. The van der Waals surface area contributed by atoms with Gasteiger partial charge in [-0.05, 0) is 49.7 Å². The number of aryl methyl sites for hydroxylation is 4. The Labute approximate surface area is 162 Å². The molecule has 0 atom stereocenters. The van der Waals surface area contributed by atoms with Gasteiger partial charge < -0.3 is 5.32 Å². The van der Waals surface area contributed by atoms with E-state index < -0.39 is 0 Å². The van der Waals surface area contributed by atoms with Crippen molar-refractivity contribution in [1.29, 1.82) is 0 Å². The van der Waals surface area contributed by atoms with Gasteiger partial charge in [0.25, 0.3) is 11.5 Å². The monoisotopic (exact) mass is 381 g/mol. The molecule has 4 rings (SSSR count). The van der Waals surface area contributed by atoms with E-state index in [1.807, 2.05) is 18.2 Å². The van der Waals surface area contributed by atoms with Gasteiger partial charge in [-0.15, -0.1) is 11.3 Å². The van der Waals surface area contributed by atoms with Crippen LogP contribution in [0.15, 0.2) is 29.2 Å². The third-order valence-electron chi connectivity index (χ3n) is 5.28. The highest BCUT2D eigenvalue weighted by atomic mass is 32.1. The van der Waals surface area contributed by atoms with E-state index in [4.69, 9.17) is 0 Å². The second-order valence-corrected chi connectivity index (χ2v) is 7.95. The van der Waals surface area contributed by atoms with Crippen LogP contribution in [0.3, 0.4) is 0 Å². The zero-order chi connectivity index (χ0) is 19.0. The maximum absolute atomic E-state index is 13.1. The standard InChI is InChI=1S/C21H23N3O2S/c1-3-13-8-7-9-14(4-2)18(13)23-19(25)15-12-22-21-24(20(15)26)16-10-5-6-11-17(16)27-21/h7-9,12H,3-6,10-11H2,1-2H3,(H,23,25). The Morgan fingerprint density at radius 3 is 2.59 bits per heavy atom. The number of hydrogen-bond donors (Lipinski definition) is 1. The molecule has 0 fully saturated rings. The van der Waals surface area contributed by atoms with E-state index in [2.05, 4.69) is 24.1 Å². The second kappa shape index (κ2) is 7.27. The molecule has 3 aromatic rings. The summed E-state index contributed by atoms with van der Waals surface area (Å²) in [5, 5.41) is 2.99. The van der Waals surface area contributed by atoms with Gasteiger partial charge in [-0.1, -0.05) is 32.0 Å². The van der Waals surface area contributed by atoms with E-state index in [-0.39, 0.29) is 17.0 Å². The second-order valence-electron chi connectivity index (χ2n) is 6.89. The summed E-state index contributed by atoms with van der Waals surface area (Å²) >= 11 is 1.57. The molecule has 6 heteroatoms. The number of thiazole rings is 1. The minimum atomic E-state index is -0.381. The number of aromatic nitrogens is 2. The largest absolute Gasteiger partial charge is 0.321 e. The lowest BCUT2D eigenvalue weighted by atomic mass is 10.0. The Kier molecular flexibility index (Phi) is 4.83. The first kappa shape index (κ1) is 17.9. The number of amides is 1. The van der Waals surface area contributed by atoms with E-state index in [9.17, 15) is 9.59 Å². The van der Waals surface area contributed by atoms with Gasteiger partial charge >= 0.3 is 0 Å². The quantitative estimate of drug-likeness (QED) is 0.743. The Morgan fingerprint density at radius 1 is 1.19 bits per heavy atom. The van der Waals surface area contributed by atoms with Crippen LogP contribution in [0, 0.1) is 0 Å². The van der Waals surface area contributed by atoms with E-state index in [1.54, 1.807) is 15.7 Å². The number of para-hydroxylation sites is 1. The number of nitrogens with one attached hydrogen (secondary N) is 1. The van der Waals surface area contributed by atoms with Crippen LogP contribution in [0.1, 0.15) is 58.7 Å². The molecule has 0 aliphatic heterocycles. The molecule has 0 saturated heterocycles. The van der Waals surface area contributed by atoms with E-state index in [0.29, 0.717) is 4.96 Å². The Morgan fingerprint density at radius 2 is 1.89 bits per heavy atom. The molecule has 2 aromatic heterocycles. The van der Waals surface area contributed by atoms with Crippen molar-refractivity contribution >= 4 is 27.9 Å². The molecule has 2 heterocycles. The normalized spacial score (nSPS) is 13.6. The molecular formula is C21H23N3O2S. The lowest BCUT2D eigenvalue weighted by Crippen LogP contribution is -2.28. The molecule has 1 amide bonds. The Balaban J connectivity index is 1.76. The van der Waals surface area contributed by atoms with Crippen LogP contribution < -0.4 is 10.9 Å². The zero-order valence-electron chi connectivity index (χ0n) is 15.7. The van der Waals surface area contributed by atoms with Gasteiger partial charge in [-0.25, -0.2) is 4.98 Å². The first-order chi connectivity index (χ1) is 13.1. The number of hydrogen-bond acceptors (Lipinski definition) is 4. The highest BCUT2D eigenvalue weighted by Gasteiger charge is 2.22. The number of carbonyl (C=O) groups is 1. The van der Waals surface area contributed by atoms with Crippen molar-refractivity contribution in [2.45, 2.75) is 52.4 Å². The van der Waals surface area contributed by atoms with E-state index in [0.717, 1.165) is 61.0 Å². The van der Waals surface area contributed by atoms with Crippen LogP contribution in [-0.2, 0) is 25.7 Å². The zero-order valence-corrected chi connectivity index (χ0v) is 16.5. The smallest absolute Gasteiger partial charge is 0.271 e. The fourth-order valence-electron chi connectivity index (χ4n) is 3.81. The predicted molar refractivity (Wildman–Crippen MR) is 109 cm³/mol. The molecule has 5 nitrogen and oxygen atoms in total. The summed E-state index contributed by atoms with van der Waals surface area (Å²) in [6, 6.07) is 6.03. The van der Waals surface area contributed by atoms with Gasteiger partial charge in [0, 0.05) is 22.5 Å². The molecule has 1 N–H and O–H groups in total. The Hall–Kier alpha value is -2.47. The average molecular weight is 382 g/mol. The van der Waals surface area contributed by atoms with Gasteiger partial charge in [-0.3, -0.25) is 14.0 Å². The van der Waals surface area contributed by atoms with Crippen molar-refractivity contribution in [3.8, 4) is 0 Å². The number of benzene rings is 1. The van der Waals surface area contributed by atoms with Crippen molar-refractivity contribution in [2.24, 2.45) is 0 Å². The average Bonchev–Trinajstić information content (AvgIpc) is 3.07. The van der Waals surface area contributed by atoms with Crippen molar-refractivity contribution in [1.82, 2.24) is 9.38 Å². The summed E-state index contributed by atoms with van der Waals surface area (Å²) in [4.78, 5) is 32.3. The number of rotatable bonds is 4. The van der Waals surface area contributed by atoms with E-state index >= 15 is 0 Å². The summed E-state index contributed by atoms with van der Waals surface area (Å²) in [6.07, 6.45) is 7.15. The van der Waals surface area contributed by atoms with Crippen LogP contribution in [0.25, 0.3) is 4.96 Å². The molecule has 1 aliphatic rings.